The molecule has 0 aliphatic rings. The van der Waals surface area contributed by atoms with Crippen molar-refractivity contribution in [1.82, 2.24) is 15.2 Å². The molecule has 3 rings (SSSR count). The van der Waals surface area contributed by atoms with Crippen LogP contribution in [0.3, 0.4) is 0 Å². The lowest BCUT2D eigenvalue weighted by molar-refractivity contribution is -0.137. The third-order valence-electron chi connectivity index (χ3n) is 5.15. The van der Waals surface area contributed by atoms with E-state index in [-0.39, 0.29) is 43.2 Å². The third kappa shape index (κ3) is 6.89. The number of nitrogens with one attached hydrogen (secondary N) is 1. The number of hydrogen-bond acceptors (Lipinski definition) is 4. The maximum absolute atomic E-state index is 14.2. The number of oxazole rings is 1. The lowest BCUT2D eigenvalue weighted by atomic mass is 10.1. The average Bonchev–Trinajstić information content (AvgIpc) is 3.23. The molecule has 1 heterocycles. The van der Waals surface area contributed by atoms with Crippen LogP contribution < -0.4 is 5.32 Å². The summed E-state index contributed by atoms with van der Waals surface area (Å²) in [4.78, 5) is 18.2. The molecule has 176 valence electrons. The molecule has 0 fully saturated rings. The highest BCUT2D eigenvalue weighted by Crippen LogP contribution is 2.30. The summed E-state index contributed by atoms with van der Waals surface area (Å²) in [6, 6.07) is 11.1. The van der Waals surface area contributed by atoms with Gasteiger partial charge in [-0.15, -0.1) is 0 Å². The van der Waals surface area contributed by atoms with Crippen molar-refractivity contribution in [3.8, 4) is 0 Å². The molecule has 1 aromatic heterocycles. The summed E-state index contributed by atoms with van der Waals surface area (Å²) in [5.41, 5.74) is 0.134. The van der Waals surface area contributed by atoms with Crippen molar-refractivity contribution in [2.45, 2.75) is 52.1 Å². The van der Waals surface area contributed by atoms with Crippen LogP contribution in [0.5, 0.6) is 0 Å². The molecule has 0 bridgehead atoms. The topological polar surface area (TPSA) is 58.4 Å². The normalized spacial score (nSPS) is 12.7. The molecule has 2 aromatic carbocycles. The van der Waals surface area contributed by atoms with Crippen molar-refractivity contribution in [2.24, 2.45) is 0 Å². The molecule has 3 aromatic rings. The molecule has 1 atom stereocenters. The maximum atomic E-state index is 14.2. The Morgan fingerprint density at radius 3 is 2.58 bits per heavy atom. The van der Waals surface area contributed by atoms with Crippen molar-refractivity contribution >= 4 is 5.91 Å². The van der Waals surface area contributed by atoms with Gasteiger partial charge in [0.25, 0.3) is 5.91 Å². The van der Waals surface area contributed by atoms with Gasteiger partial charge in [-0.25, -0.2) is 9.37 Å². The summed E-state index contributed by atoms with van der Waals surface area (Å²) in [5.74, 6) is -0.599. The van der Waals surface area contributed by atoms with Crippen molar-refractivity contribution in [3.05, 3.63) is 88.9 Å². The number of hydrogen-bond donors (Lipinski definition) is 1. The molecule has 1 N–H and O–H groups in total. The molecule has 1 amide bonds. The van der Waals surface area contributed by atoms with E-state index < -0.39 is 17.6 Å². The zero-order chi connectivity index (χ0) is 24.0. The number of rotatable bonds is 9. The first-order valence-electron chi connectivity index (χ1n) is 10.5. The standard InChI is InChI=1S/C24H25F4N3O2/c1-3-16(2)29-23(32)21-15-33-22(30-21)14-31(13-18-8-4-5-10-20(18)25)12-17-7-6-9-19(11-17)24(26,27)28/h4-11,15-16H,3,12-14H2,1-2H3,(H,29,32)/t16-/m1/s1. The minimum absolute atomic E-state index is 0.0314. The predicted molar refractivity (Wildman–Crippen MR) is 115 cm³/mol. The summed E-state index contributed by atoms with van der Waals surface area (Å²) in [5, 5.41) is 2.79. The Morgan fingerprint density at radius 2 is 1.88 bits per heavy atom. The number of aromatic nitrogens is 1. The summed E-state index contributed by atoms with van der Waals surface area (Å²) in [7, 11) is 0. The van der Waals surface area contributed by atoms with Gasteiger partial charge in [0.1, 0.15) is 12.1 Å². The van der Waals surface area contributed by atoms with Crippen molar-refractivity contribution < 1.29 is 26.8 Å². The molecule has 33 heavy (non-hydrogen) atoms. The van der Waals surface area contributed by atoms with E-state index in [9.17, 15) is 22.4 Å². The summed E-state index contributed by atoms with van der Waals surface area (Å²) in [6.07, 6.45) is -2.48. The fourth-order valence-electron chi connectivity index (χ4n) is 3.22. The number of benzene rings is 2. The van der Waals surface area contributed by atoms with E-state index in [0.717, 1.165) is 18.6 Å². The quantitative estimate of drug-likeness (QED) is 0.422. The van der Waals surface area contributed by atoms with Gasteiger partial charge in [0.15, 0.2) is 5.69 Å². The van der Waals surface area contributed by atoms with Crippen LogP contribution >= 0.6 is 0 Å². The van der Waals surface area contributed by atoms with Gasteiger partial charge in [-0.1, -0.05) is 43.3 Å². The number of halogens is 4. The van der Waals surface area contributed by atoms with Crippen LogP contribution in [-0.4, -0.2) is 21.8 Å². The van der Waals surface area contributed by atoms with Gasteiger partial charge in [0.05, 0.1) is 12.1 Å². The van der Waals surface area contributed by atoms with Crippen LogP contribution in [0.1, 0.15) is 53.3 Å². The van der Waals surface area contributed by atoms with Gasteiger partial charge >= 0.3 is 6.18 Å². The lowest BCUT2D eigenvalue weighted by Gasteiger charge is -2.22. The molecule has 5 nitrogen and oxygen atoms in total. The Labute approximate surface area is 189 Å². The fourth-order valence-corrected chi connectivity index (χ4v) is 3.22. The van der Waals surface area contributed by atoms with Crippen LogP contribution in [0.4, 0.5) is 17.6 Å². The van der Waals surface area contributed by atoms with Crippen molar-refractivity contribution in [3.63, 3.8) is 0 Å². The molecule has 0 saturated carbocycles. The number of alkyl halides is 3. The average molecular weight is 463 g/mol. The van der Waals surface area contributed by atoms with Crippen LogP contribution in [0, 0.1) is 5.82 Å². The molecular weight excluding hydrogens is 438 g/mol. The van der Waals surface area contributed by atoms with Crippen LogP contribution in [-0.2, 0) is 25.8 Å². The second kappa shape index (κ2) is 10.6. The van der Waals surface area contributed by atoms with E-state index in [1.54, 1.807) is 29.2 Å². The van der Waals surface area contributed by atoms with Crippen LogP contribution in [0.25, 0.3) is 0 Å². The van der Waals surface area contributed by atoms with Crippen LogP contribution in [0.2, 0.25) is 0 Å². The second-order valence-electron chi connectivity index (χ2n) is 7.84. The Bertz CT molecular complexity index is 1080. The van der Waals surface area contributed by atoms with Gasteiger partial charge in [0.2, 0.25) is 5.89 Å². The Hall–Kier alpha value is -3.20. The molecule has 0 aliphatic carbocycles. The summed E-state index contributed by atoms with van der Waals surface area (Å²) < 4.78 is 59.0. The first-order chi connectivity index (χ1) is 15.7. The number of amides is 1. The molecule has 0 unspecified atom stereocenters. The van der Waals surface area contributed by atoms with Crippen molar-refractivity contribution in [1.29, 1.82) is 0 Å². The molecule has 0 saturated heterocycles. The van der Waals surface area contributed by atoms with Gasteiger partial charge in [0, 0.05) is 24.7 Å². The minimum atomic E-state index is -4.47. The third-order valence-corrected chi connectivity index (χ3v) is 5.15. The zero-order valence-corrected chi connectivity index (χ0v) is 18.3. The van der Waals surface area contributed by atoms with E-state index in [1.807, 2.05) is 13.8 Å². The molecule has 0 spiro atoms. The second-order valence-corrected chi connectivity index (χ2v) is 7.84. The van der Waals surface area contributed by atoms with Crippen molar-refractivity contribution in [2.75, 3.05) is 0 Å². The summed E-state index contributed by atoms with van der Waals surface area (Å²) >= 11 is 0. The maximum Gasteiger partial charge on any atom is 0.416 e. The summed E-state index contributed by atoms with van der Waals surface area (Å²) in [6.45, 7) is 4.08. The lowest BCUT2D eigenvalue weighted by Crippen LogP contribution is -2.32. The Morgan fingerprint density at radius 1 is 1.12 bits per heavy atom. The van der Waals surface area contributed by atoms with E-state index in [2.05, 4.69) is 10.3 Å². The van der Waals surface area contributed by atoms with Gasteiger partial charge < -0.3 is 9.73 Å². The van der Waals surface area contributed by atoms with Gasteiger partial charge in [-0.3, -0.25) is 9.69 Å². The highest BCUT2D eigenvalue weighted by atomic mass is 19.4. The molecule has 9 heteroatoms. The fraction of sp³-hybridized carbons (Fsp3) is 0.333. The SMILES string of the molecule is CC[C@@H](C)NC(=O)c1coc(CN(Cc2cccc(C(F)(F)F)c2)Cc2ccccc2F)n1. The van der Waals surface area contributed by atoms with Gasteiger partial charge in [-0.2, -0.15) is 13.2 Å². The largest absolute Gasteiger partial charge is 0.447 e. The molecule has 0 aliphatic heterocycles. The first kappa shape index (κ1) is 24.4. The zero-order valence-electron chi connectivity index (χ0n) is 18.3. The highest BCUT2D eigenvalue weighted by Gasteiger charge is 2.30. The molecular formula is C24H25F4N3O2. The minimum Gasteiger partial charge on any atom is -0.447 e. The van der Waals surface area contributed by atoms with E-state index in [1.165, 1.54) is 18.4 Å². The smallest absolute Gasteiger partial charge is 0.416 e. The van der Waals surface area contributed by atoms with E-state index >= 15 is 0 Å². The number of carbonyl (C=O) groups excluding carboxylic acids is 1. The van der Waals surface area contributed by atoms with Gasteiger partial charge in [-0.05, 0) is 31.0 Å². The number of nitrogens with zero attached hydrogens (tertiary/aromatic N) is 2. The van der Waals surface area contributed by atoms with E-state index in [0.29, 0.717) is 11.1 Å². The monoisotopic (exact) mass is 463 g/mol. The molecule has 0 radical (unpaired) electrons. The van der Waals surface area contributed by atoms with Crippen LogP contribution in [0.15, 0.2) is 59.2 Å². The Kier molecular flexibility index (Phi) is 7.86. The first-order valence-corrected chi connectivity index (χ1v) is 10.5. The Balaban J connectivity index is 1.81. The highest BCUT2D eigenvalue weighted by molar-refractivity contribution is 5.92. The predicted octanol–water partition coefficient (Wildman–Crippen LogP) is 5.56. The van der Waals surface area contributed by atoms with E-state index in [4.69, 9.17) is 4.42 Å². The number of carbonyl (C=O) groups is 1.